The first-order chi connectivity index (χ1) is 14.2. The predicted molar refractivity (Wildman–Crippen MR) is 110 cm³/mol. The number of furan rings is 1. The van der Waals surface area contributed by atoms with Crippen LogP contribution < -0.4 is 4.57 Å². The summed E-state index contributed by atoms with van der Waals surface area (Å²) in [4.78, 5) is 4.35. The number of hydrogen-bond donors (Lipinski definition) is 0. The summed E-state index contributed by atoms with van der Waals surface area (Å²) in [5.41, 5.74) is 5.03. The Bertz CT molecular complexity index is 1470. The molecule has 5 rings (SSSR count). The molecule has 0 unspecified atom stereocenters. The molecule has 0 N–H and O–H groups in total. The van der Waals surface area contributed by atoms with Crippen molar-refractivity contribution in [3.05, 3.63) is 71.7 Å². The Morgan fingerprint density at radius 3 is 2.56 bits per heavy atom. The van der Waals surface area contributed by atoms with Gasteiger partial charge < -0.3 is 4.42 Å². The molecule has 3 nitrogen and oxygen atoms in total. The van der Waals surface area contributed by atoms with Gasteiger partial charge in [-0.25, -0.2) is 4.57 Å². The molecule has 0 spiro atoms. The largest absolute Gasteiger partial charge is 0.455 e. The van der Waals surface area contributed by atoms with Crippen LogP contribution in [0.3, 0.4) is 0 Å². The molecule has 27 heavy (non-hydrogen) atoms. The van der Waals surface area contributed by atoms with E-state index in [1.54, 1.807) is 12.4 Å². The van der Waals surface area contributed by atoms with Crippen LogP contribution in [0.2, 0.25) is 0 Å². The van der Waals surface area contributed by atoms with Gasteiger partial charge >= 0.3 is 0 Å². The highest BCUT2D eigenvalue weighted by molar-refractivity contribution is 6.13. The van der Waals surface area contributed by atoms with Crippen molar-refractivity contribution in [2.24, 2.45) is 7.05 Å². The molecule has 0 saturated heterocycles. The minimum atomic E-state index is -2.23. The number of aryl methyl sites for hydroxylation is 3. The van der Waals surface area contributed by atoms with Crippen molar-refractivity contribution in [3.8, 4) is 11.3 Å². The van der Waals surface area contributed by atoms with Crippen molar-refractivity contribution in [3.63, 3.8) is 0 Å². The molecular formula is C24H21N2O+. The van der Waals surface area contributed by atoms with E-state index in [4.69, 9.17) is 8.53 Å². The van der Waals surface area contributed by atoms with Crippen LogP contribution in [-0.4, -0.2) is 4.98 Å². The van der Waals surface area contributed by atoms with Gasteiger partial charge in [0.15, 0.2) is 5.69 Å². The number of benzene rings is 3. The molecule has 0 atom stereocenters. The predicted octanol–water partition coefficient (Wildman–Crippen LogP) is 5.55. The van der Waals surface area contributed by atoms with E-state index in [0.29, 0.717) is 16.7 Å². The summed E-state index contributed by atoms with van der Waals surface area (Å²) in [5, 5.41) is 3.92. The molecule has 0 bridgehead atoms. The van der Waals surface area contributed by atoms with E-state index in [9.17, 15) is 0 Å². The third kappa shape index (κ3) is 2.35. The van der Waals surface area contributed by atoms with Crippen molar-refractivity contribution in [2.75, 3.05) is 0 Å². The summed E-state index contributed by atoms with van der Waals surface area (Å²) in [7, 11) is 1.91. The molecule has 3 aromatic carbocycles. The van der Waals surface area contributed by atoms with Gasteiger partial charge in [0.05, 0.1) is 12.6 Å². The lowest BCUT2D eigenvalue weighted by molar-refractivity contribution is -0.663. The normalized spacial score (nSPS) is 13.8. The summed E-state index contributed by atoms with van der Waals surface area (Å²) >= 11 is 0. The third-order valence-electron chi connectivity index (χ3n) is 5.31. The zero-order valence-corrected chi connectivity index (χ0v) is 15.5. The summed E-state index contributed by atoms with van der Waals surface area (Å²) in [6.45, 7) is 1.55. The Morgan fingerprint density at radius 1 is 1.00 bits per heavy atom. The minimum absolute atomic E-state index is 0.343. The van der Waals surface area contributed by atoms with E-state index in [0.717, 1.165) is 44.1 Å². The van der Waals surface area contributed by atoms with Crippen LogP contribution in [0.4, 0.5) is 0 Å². The molecule has 5 aromatic rings. The highest BCUT2D eigenvalue weighted by atomic mass is 16.3. The van der Waals surface area contributed by atoms with E-state index < -0.39 is 6.85 Å². The first kappa shape index (κ1) is 13.0. The smallest absolute Gasteiger partial charge is 0.286 e. The van der Waals surface area contributed by atoms with Crippen LogP contribution in [0, 0.1) is 20.7 Å². The van der Waals surface area contributed by atoms with E-state index in [2.05, 4.69) is 17.1 Å². The Labute approximate surface area is 162 Å². The van der Waals surface area contributed by atoms with Gasteiger partial charge in [0.25, 0.3) is 6.33 Å². The first-order valence-electron chi connectivity index (χ1n) is 10.5. The van der Waals surface area contributed by atoms with Crippen molar-refractivity contribution in [1.29, 1.82) is 0 Å². The quantitative estimate of drug-likeness (QED) is 0.369. The number of fused-ring (bicyclic) bond motifs is 4. The Hall–Kier alpha value is -3.20. The monoisotopic (exact) mass is 356 g/mol. The van der Waals surface area contributed by atoms with Crippen molar-refractivity contribution in [2.45, 2.75) is 20.7 Å². The molecule has 0 aliphatic rings. The first-order valence-corrected chi connectivity index (χ1v) is 8.96. The zero-order chi connectivity index (χ0) is 21.2. The minimum Gasteiger partial charge on any atom is -0.455 e. The van der Waals surface area contributed by atoms with Crippen LogP contribution in [-0.2, 0) is 7.05 Å². The Morgan fingerprint density at radius 2 is 1.78 bits per heavy atom. The average Bonchev–Trinajstić information content (AvgIpc) is 3.04. The molecule has 132 valence electrons. The standard InChI is InChI=1S/C24H21N2O/c1-14-9-20-19-11-17-7-5-6-8-18(17)12-22(19)27-24(20)23(16(14)3)21-10-15(2)25-13-26(21)4/h5-13H,1-4H3/q+1/i1D3. The third-order valence-corrected chi connectivity index (χ3v) is 5.31. The molecule has 2 heterocycles. The lowest BCUT2D eigenvalue weighted by atomic mass is 9.96. The molecule has 3 heteroatoms. The second-order valence-electron chi connectivity index (χ2n) is 7.12. The fraction of sp³-hybridized carbons (Fsp3) is 0.167. The Balaban J connectivity index is 1.99. The van der Waals surface area contributed by atoms with Crippen molar-refractivity contribution < 1.29 is 13.1 Å². The van der Waals surface area contributed by atoms with Crippen LogP contribution in [0.1, 0.15) is 20.9 Å². The molecule has 0 amide bonds. The van der Waals surface area contributed by atoms with Crippen molar-refractivity contribution in [1.82, 2.24) is 4.98 Å². The highest BCUT2D eigenvalue weighted by Gasteiger charge is 2.21. The van der Waals surface area contributed by atoms with Gasteiger partial charge in [-0.05, 0) is 53.9 Å². The fourth-order valence-electron chi connectivity index (χ4n) is 3.82. The SMILES string of the molecule is [2H]C([2H])([2H])c1cc2c(oc3cc4ccccc4cc32)c(-c2cc(C)nc[n+]2C)c1C. The highest BCUT2D eigenvalue weighted by Crippen LogP contribution is 2.39. The number of nitrogens with zero attached hydrogens (tertiary/aromatic N) is 2. The number of aromatic nitrogens is 2. The summed E-state index contributed by atoms with van der Waals surface area (Å²) in [6, 6.07) is 15.9. The van der Waals surface area contributed by atoms with Crippen LogP contribution in [0.15, 0.2) is 59.3 Å². The van der Waals surface area contributed by atoms with E-state index in [1.165, 1.54) is 0 Å². The van der Waals surface area contributed by atoms with E-state index in [1.807, 2.05) is 55.8 Å². The molecule has 0 aliphatic carbocycles. The van der Waals surface area contributed by atoms with Gasteiger partial charge in [0, 0.05) is 27.9 Å². The van der Waals surface area contributed by atoms with Gasteiger partial charge in [0.2, 0.25) is 0 Å². The van der Waals surface area contributed by atoms with Gasteiger partial charge in [-0.1, -0.05) is 29.2 Å². The van der Waals surface area contributed by atoms with Crippen molar-refractivity contribution >= 4 is 32.7 Å². The van der Waals surface area contributed by atoms with Crippen LogP contribution >= 0.6 is 0 Å². The van der Waals surface area contributed by atoms with Gasteiger partial charge in [0.1, 0.15) is 16.9 Å². The molecular weight excluding hydrogens is 332 g/mol. The van der Waals surface area contributed by atoms with Gasteiger partial charge in [-0.2, -0.15) is 0 Å². The van der Waals surface area contributed by atoms with Crippen LogP contribution in [0.5, 0.6) is 0 Å². The summed E-state index contributed by atoms with van der Waals surface area (Å²) in [6.07, 6.45) is 1.74. The molecule has 0 aliphatic heterocycles. The Kier molecular flexibility index (Phi) is 2.73. The summed E-state index contributed by atoms with van der Waals surface area (Å²) < 4.78 is 32.6. The second kappa shape index (κ2) is 5.65. The number of hydrogen-bond acceptors (Lipinski definition) is 2. The summed E-state index contributed by atoms with van der Waals surface area (Å²) in [5.74, 6) is 0. The molecule has 0 saturated carbocycles. The topological polar surface area (TPSA) is 29.9 Å². The average molecular weight is 356 g/mol. The lowest BCUT2D eigenvalue weighted by Crippen LogP contribution is -2.31. The maximum atomic E-state index is 8.12. The second-order valence-corrected chi connectivity index (χ2v) is 7.12. The fourth-order valence-corrected chi connectivity index (χ4v) is 3.82. The molecule has 0 fully saturated rings. The molecule has 2 aromatic heterocycles. The maximum Gasteiger partial charge on any atom is 0.286 e. The zero-order valence-electron chi connectivity index (χ0n) is 18.5. The number of rotatable bonds is 1. The van der Waals surface area contributed by atoms with E-state index >= 15 is 0 Å². The van der Waals surface area contributed by atoms with E-state index in [-0.39, 0.29) is 0 Å². The lowest BCUT2D eigenvalue weighted by Gasteiger charge is -2.10. The van der Waals surface area contributed by atoms with Crippen LogP contribution in [0.25, 0.3) is 44.0 Å². The maximum absolute atomic E-state index is 8.12. The van der Waals surface area contributed by atoms with Gasteiger partial charge in [-0.15, -0.1) is 0 Å². The molecule has 0 radical (unpaired) electrons. The van der Waals surface area contributed by atoms with Gasteiger partial charge in [-0.3, -0.25) is 0 Å².